The van der Waals surface area contributed by atoms with Gasteiger partial charge in [-0.25, -0.2) is 9.97 Å². The molecule has 1 aromatic carbocycles. The number of hydrogen-bond acceptors (Lipinski definition) is 5. The Hall–Kier alpha value is -2.80. The van der Waals surface area contributed by atoms with E-state index in [1.807, 2.05) is 18.2 Å². The van der Waals surface area contributed by atoms with Gasteiger partial charge in [0.15, 0.2) is 0 Å². The first-order valence-corrected chi connectivity index (χ1v) is 11.8. The van der Waals surface area contributed by atoms with Crippen molar-refractivity contribution in [2.24, 2.45) is 5.92 Å². The molecule has 2 N–H and O–H groups in total. The lowest BCUT2D eigenvalue weighted by atomic mass is 9.92. The fourth-order valence-corrected chi connectivity index (χ4v) is 4.74. The number of hydrogen-bond donors (Lipinski definition) is 2. The summed E-state index contributed by atoms with van der Waals surface area (Å²) in [5.74, 6) is 0.182. The van der Waals surface area contributed by atoms with Crippen molar-refractivity contribution in [3.63, 3.8) is 0 Å². The van der Waals surface area contributed by atoms with E-state index in [1.54, 1.807) is 6.92 Å². The van der Waals surface area contributed by atoms with Crippen molar-refractivity contribution in [3.05, 3.63) is 53.6 Å². The first-order valence-electron chi connectivity index (χ1n) is 11.8. The Morgan fingerprint density at radius 1 is 1.09 bits per heavy atom. The molecule has 1 aromatic heterocycles. The van der Waals surface area contributed by atoms with Crippen LogP contribution >= 0.6 is 0 Å². The van der Waals surface area contributed by atoms with E-state index in [9.17, 15) is 9.59 Å². The molecule has 0 atom stereocenters. The number of likely N-dealkylation sites (tertiary alicyclic amines) is 1. The summed E-state index contributed by atoms with van der Waals surface area (Å²) < 4.78 is 0. The molecule has 7 heteroatoms. The minimum atomic E-state index is -0.204. The van der Waals surface area contributed by atoms with E-state index in [1.165, 1.54) is 31.8 Å². The van der Waals surface area contributed by atoms with Gasteiger partial charge < -0.3 is 10.6 Å². The van der Waals surface area contributed by atoms with Crippen LogP contribution in [0.4, 0.5) is 5.69 Å². The summed E-state index contributed by atoms with van der Waals surface area (Å²) in [5, 5.41) is 6.24. The lowest BCUT2D eigenvalue weighted by molar-refractivity contribution is -0.127. The number of amides is 2. The van der Waals surface area contributed by atoms with Crippen LogP contribution in [0.3, 0.4) is 0 Å². The topological polar surface area (TPSA) is 87.2 Å². The van der Waals surface area contributed by atoms with Crippen LogP contribution < -0.4 is 10.6 Å². The Balaban J connectivity index is 1.27. The van der Waals surface area contributed by atoms with E-state index in [0.29, 0.717) is 17.3 Å². The number of piperidine rings is 1. The van der Waals surface area contributed by atoms with Crippen molar-refractivity contribution in [2.45, 2.75) is 64.5 Å². The predicted octanol–water partition coefficient (Wildman–Crippen LogP) is 3.70. The molecular formula is C25H33N5O2. The van der Waals surface area contributed by atoms with Crippen LogP contribution in [0, 0.1) is 12.8 Å². The molecule has 0 radical (unpaired) electrons. The quantitative estimate of drug-likeness (QED) is 0.722. The van der Waals surface area contributed by atoms with E-state index >= 15 is 0 Å². The molecule has 4 rings (SSSR count). The van der Waals surface area contributed by atoms with Crippen molar-refractivity contribution < 1.29 is 9.59 Å². The van der Waals surface area contributed by atoms with Gasteiger partial charge in [-0.05, 0) is 63.4 Å². The zero-order valence-corrected chi connectivity index (χ0v) is 18.8. The van der Waals surface area contributed by atoms with E-state index < -0.39 is 0 Å². The van der Waals surface area contributed by atoms with E-state index in [4.69, 9.17) is 0 Å². The van der Waals surface area contributed by atoms with Crippen LogP contribution in [-0.4, -0.2) is 45.8 Å². The SMILES string of the molecule is Cc1ncncc1C(=O)Nc1cccc(CN2CCC(C(=O)NC3CCCCC3)CC2)c1. The second-order valence-corrected chi connectivity index (χ2v) is 9.07. The molecular weight excluding hydrogens is 402 g/mol. The average molecular weight is 436 g/mol. The van der Waals surface area contributed by atoms with E-state index in [0.717, 1.165) is 56.6 Å². The maximum Gasteiger partial charge on any atom is 0.259 e. The number of carbonyl (C=O) groups excluding carboxylic acids is 2. The smallest absolute Gasteiger partial charge is 0.259 e. The average Bonchev–Trinajstić information content (AvgIpc) is 2.81. The van der Waals surface area contributed by atoms with Gasteiger partial charge >= 0.3 is 0 Å². The molecule has 0 spiro atoms. The number of nitrogens with one attached hydrogen (secondary N) is 2. The van der Waals surface area contributed by atoms with E-state index in [2.05, 4.69) is 31.6 Å². The van der Waals surface area contributed by atoms with Gasteiger partial charge in [0.25, 0.3) is 5.91 Å². The molecule has 170 valence electrons. The largest absolute Gasteiger partial charge is 0.353 e. The number of nitrogens with zero attached hydrogens (tertiary/aromatic N) is 3. The Morgan fingerprint density at radius 3 is 2.62 bits per heavy atom. The van der Waals surface area contributed by atoms with Gasteiger partial charge in [-0.1, -0.05) is 31.4 Å². The Kier molecular flexibility index (Phi) is 7.47. The highest BCUT2D eigenvalue weighted by molar-refractivity contribution is 6.04. The van der Waals surface area contributed by atoms with Gasteiger partial charge in [-0.15, -0.1) is 0 Å². The number of aryl methyl sites for hydroxylation is 1. The number of anilines is 1. The first kappa shape index (κ1) is 22.4. The van der Waals surface area contributed by atoms with Gasteiger partial charge in [0.1, 0.15) is 6.33 Å². The van der Waals surface area contributed by atoms with Crippen molar-refractivity contribution in [2.75, 3.05) is 18.4 Å². The van der Waals surface area contributed by atoms with E-state index in [-0.39, 0.29) is 17.7 Å². The summed E-state index contributed by atoms with van der Waals surface area (Å²) in [6.07, 6.45) is 10.8. The number of benzene rings is 1. The van der Waals surface area contributed by atoms with Crippen molar-refractivity contribution in [3.8, 4) is 0 Å². The highest BCUT2D eigenvalue weighted by Gasteiger charge is 2.27. The molecule has 2 aliphatic rings. The Labute approximate surface area is 190 Å². The first-order chi connectivity index (χ1) is 15.6. The summed E-state index contributed by atoms with van der Waals surface area (Å²) in [5.41, 5.74) is 3.04. The van der Waals surface area contributed by atoms with Gasteiger partial charge in [0.2, 0.25) is 5.91 Å². The zero-order valence-electron chi connectivity index (χ0n) is 18.8. The fourth-order valence-electron chi connectivity index (χ4n) is 4.74. The predicted molar refractivity (Wildman–Crippen MR) is 124 cm³/mol. The highest BCUT2D eigenvalue weighted by atomic mass is 16.2. The van der Waals surface area contributed by atoms with Gasteiger partial charge in [0.05, 0.1) is 11.3 Å². The molecule has 2 amide bonds. The zero-order chi connectivity index (χ0) is 22.3. The van der Waals surface area contributed by atoms with Crippen LogP contribution in [0.5, 0.6) is 0 Å². The summed E-state index contributed by atoms with van der Waals surface area (Å²) in [7, 11) is 0. The third-order valence-electron chi connectivity index (χ3n) is 6.66. The molecule has 0 unspecified atom stereocenters. The normalized spacial score (nSPS) is 18.3. The molecule has 1 aliphatic heterocycles. The van der Waals surface area contributed by atoms with Crippen LogP contribution in [0.15, 0.2) is 36.8 Å². The number of rotatable bonds is 6. The van der Waals surface area contributed by atoms with Crippen LogP contribution in [0.2, 0.25) is 0 Å². The second kappa shape index (κ2) is 10.7. The third kappa shape index (κ3) is 5.91. The molecule has 0 bridgehead atoms. The molecule has 2 fully saturated rings. The monoisotopic (exact) mass is 435 g/mol. The molecule has 1 aliphatic carbocycles. The summed E-state index contributed by atoms with van der Waals surface area (Å²) in [4.78, 5) is 35.6. The summed E-state index contributed by atoms with van der Waals surface area (Å²) in [6.45, 7) is 4.44. The molecule has 2 aromatic rings. The summed E-state index contributed by atoms with van der Waals surface area (Å²) >= 11 is 0. The fraction of sp³-hybridized carbons (Fsp3) is 0.520. The maximum absolute atomic E-state index is 12.6. The number of carbonyl (C=O) groups is 2. The van der Waals surface area contributed by atoms with Gasteiger partial charge in [0, 0.05) is 30.4 Å². The number of aromatic nitrogens is 2. The van der Waals surface area contributed by atoms with Crippen molar-refractivity contribution >= 4 is 17.5 Å². The summed E-state index contributed by atoms with van der Waals surface area (Å²) in [6, 6.07) is 8.33. The van der Waals surface area contributed by atoms with Crippen LogP contribution in [-0.2, 0) is 11.3 Å². The van der Waals surface area contributed by atoms with Crippen LogP contribution in [0.25, 0.3) is 0 Å². The Bertz CT molecular complexity index is 933. The molecule has 1 saturated heterocycles. The lowest BCUT2D eigenvalue weighted by Gasteiger charge is -2.32. The molecule has 2 heterocycles. The minimum Gasteiger partial charge on any atom is -0.353 e. The Morgan fingerprint density at radius 2 is 1.88 bits per heavy atom. The third-order valence-corrected chi connectivity index (χ3v) is 6.66. The van der Waals surface area contributed by atoms with Gasteiger partial charge in [-0.3, -0.25) is 14.5 Å². The molecule has 1 saturated carbocycles. The molecule has 32 heavy (non-hydrogen) atoms. The van der Waals surface area contributed by atoms with Crippen molar-refractivity contribution in [1.29, 1.82) is 0 Å². The highest BCUT2D eigenvalue weighted by Crippen LogP contribution is 2.23. The standard InChI is InChI=1S/C25H33N5O2/c1-18-23(15-26-17-27-18)25(32)29-22-9-5-6-19(14-22)16-30-12-10-20(11-13-30)24(31)28-21-7-3-2-4-8-21/h5-6,9,14-15,17,20-21H,2-4,7-8,10-13,16H2,1H3,(H,28,31)(H,29,32). The maximum atomic E-state index is 12.6. The van der Waals surface area contributed by atoms with Crippen LogP contribution in [0.1, 0.15) is 66.6 Å². The minimum absolute atomic E-state index is 0.134. The van der Waals surface area contributed by atoms with Crippen molar-refractivity contribution in [1.82, 2.24) is 20.2 Å². The second-order valence-electron chi connectivity index (χ2n) is 9.07. The van der Waals surface area contributed by atoms with Gasteiger partial charge in [-0.2, -0.15) is 0 Å². The lowest BCUT2D eigenvalue weighted by Crippen LogP contribution is -2.44. The molecule has 7 nitrogen and oxygen atoms in total.